The number of aliphatic hydroxyl groups excluding tert-OH is 1. The zero-order valence-electron chi connectivity index (χ0n) is 15.9. The largest absolute Gasteiger partial charge is 0.480 e. The SMILES string of the molecule is O=C(O)C1(N(CCCO)S(=O)(=O)c2ccc(-c3ccc(F)cc3)cc2)CCCC1. The molecule has 0 aliphatic heterocycles. The van der Waals surface area contributed by atoms with Gasteiger partial charge in [0.25, 0.3) is 0 Å². The summed E-state index contributed by atoms with van der Waals surface area (Å²) in [6.45, 7) is -0.296. The molecule has 0 amide bonds. The zero-order chi connectivity index (χ0) is 21.1. The lowest BCUT2D eigenvalue weighted by Gasteiger charge is -2.36. The van der Waals surface area contributed by atoms with Crippen LogP contribution >= 0.6 is 0 Å². The van der Waals surface area contributed by atoms with E-state index in [0.717, 1.165) is 15.4 Å². The van der Waals surface area contributed by atoms with Crippen LogP contribution in [0.5, 0.6) is 0 Å². The van der Waals surface area contributed by atoms with Crippen molar-refractivity contribution in [1.82, 2.24) is 4.31 Å². The predicted octanol–water partition coefficient (Wildman–Crippen LogP) is 3.26. The van der Waals surface area contributed by atoms with E-state index in [0.29, 0.717) is 12.8 Å². The Balaban J connectivity index is 1.97. The number of aliphatic carboxylic acids is 1. The van der Waals surface area contributed by atoms with Gasteiger partial charge in [0.1, 0.15) is 11.4 Å². The zero-order valence-corrected chi connectivity index (χ0v) is 16.7. The predicted molar refractivity (Wildman–Crippen MR) is 106 cm³/mol. The Kier molecular flexibility index (Phi) is 6.36. The smallest absolute Gasteiger partial charge is 0.325 e. The molecule has 1 saturated carbocycles. The number of hydrogen-bond donors (Lipinski definition) is 2. The molecule has 0 atom stereocenters. The first kappa shape index (κ1) is 21.4. The molecule has 0 aromatic heterocycles. The number of sulfonamides is 1. The molecule has 2 aromatic rings. The molecule has 1 fully saturated rings. The van der Waals surface area contributed by atoms with Gasteiger partial charge in [0.05, 0.1) is 4.90 Å². The van der Waals surface area contributed by atoms with E-state index in [1.807, 2.05) is 0 Å². The second kappa shape index (κ2) is 8.61. The standard InChI is InChI=1S/C21H24FNO5S/c22-18-8-4-16(5-9-18)17-6-10-19(11-7-17)29(27,28)23(14-3-15-24)21(20(25)26)12-1-2-13-21/h4-11,24H,1-3,12-15H2,(H,25,26). The summed E-state index contributed by atoms with van der Waals surface area (Å²) >= 11 is 0. The minimum atomic E-state index is -4.08. The molecule has 29 heavy (non-hydrogen) atoms. The Morgan fingerprint density at radius 2 is 1.52 bits per heavy atom. The van der Waals surface area contributed by atoms with Gasteiger partial charge in [-0.1, -0.05) is 37.1 Å². The van der Waals surface area contributed by atoms with Crippen LogP contribution in [0.15, 0.2) is 53.4 Å². The molecule has 2 N–H and O–H groups in total. The molecule has 8 heteroatoms. The molecule has 0 unspecified atom stereocenters. The van der Waals surface area contributed by atoms with Crippen LogP contribution in [0.25, 0.3) is 11.1 Å². The third-order valence-corrected chi connectivity index (χ3v) is 7.43. The van der Waals surface area contributed by atoms with Crippen LogP contribution in [-0.2, 0) is 14.8 Å². The maximum atomic E-state index is 13.4. The van der Waals surface area contributed by atoms with Gasteiger partial charge >= 0.3 is 5.97 Å². The van der Waals surface area contributed by atoms with Crippen LogP contribution in [0.2, 0.25) is 0 Å². The van der Waals surface area contributed by atoms with Crippen LogP contribution in [-0.4, -0.2) is 47.6 Å². The molecule has 0 radical (unpaired) electrons. The van der Waals surface area contributed by atoms with Crippen LogP contribution in [0.1, 0.15) is 32.1 Å². The summed E-state index contributed by atoms with van der Waals surface area (Å²) in [5.41, 5.74) is -0.0196. The van der Waals surface area contributed by atoms with Crippen molar-refractivity contribution in [3.8, 4) is 11.1 Å². The third-order valence-electron chi connectivity index (χ3n) is 5.45. The monoisotopic (exact) mass is 421 g/mol. The van der Waals surface area contributed by atoms with E-state index >= 15 is 0 Å². The summed E-state index contributed by atoms with van der Waals surface area (Å²) in [5, 5.41) is 19.1. The van der Waals surface area contributed by atoms with Gasteiger partial charge < -0.3 is 10.2 Å². The van der Waals surface area contributed by atoms with E-state index < -0.39 is 21.5 Å². The second-order valence-electron chi connectivity index (χ2n) is 7.23. The van der Waals surface area contributed by atoms with E-state index in [1.54, 1.807) is 24.3 Å². The molecular weight excluding hydrogens is 397 g/mol. The van der Waals surface area contributed by atoms with Gasteiger partial charge in [0, 0.05) is 13.2 Å². The van der Waals surface area contributed by atoms with Gasteiger partial charge in [-0.15, -0.1) is 0 Å². The average Bonchev–Trinajstić information content (AvgIpc) is 3.20. The minimum absolute atomic E-state index is 0.00572. The number of carboxylic acid groups (broad SMARTS) is 1. The van der Waals surface area contributed by atoms with Gasteiger partial charge in [0.15, 0.2) is 0 Å². The number of rotatable bonds is 8. The number of nitrogens with zero attached hydrogens (tertiary/aromatic N) is 1. The van der Waals surface area contributed by atoms with Gasteiger partial charge in [0.2, 0.25) is 10.0 Å². The molecule has 1 aliphatic carbocycles. The fourth-order valence-corrected chi connectivity index (χ4v) is 5.72. The molecule has 156 valence electrons. The molecule has 0 heterocycles. The number of carboxylic acids is 1. The maximum Gasteiger partial charge on any atom is 0.325 e. The summed E-state index contributed by atoms with van der Waals surface area (Å²) in [6.07, 6.45) is 1.94. The summed E-state index contributed by atoms with van der Waals surface area (Å²) in [4.78, 5) is 12.1. The van der Waals surface area contributed by atoms with Crippen molar-refractivity contribution in [2.45, 2.75) is 42.5 Å². The Bertz CT molecular complexity index is 952. The van der Waals surface area contributed by atoms with Gasteiger partial charge in [-0.3, -0.25) is 4.79 Å². The Morgan fingerprint density at radius 3 is 2.00 bits per heavy atom. The highest BCUT2D eigenvalue weighted by Gasteiger charge is 2.51. The minimum Gasteiger partial charge on any atom is -0.480 e. The van der Waals surface area contributed by atoms with Crippen molar-refractivity contribution < 1.29 is 27.8 Å². The van der Waals surface area contributed by atoms with Crippen molar-refractivity contribution in [3.05, 3.63) is 54.3 Å². The van der Waals surface area contributed by atoms with E-state index in [4.69, 9.17) is 0 Å². The second-order valence-corrected chi connectivity index (χ2v) is 9.09. The van der Waals surface area contributed by atoms with E-state index in [-0.39, 0.29) is 43.1 Å². The van der Waals surface area contributed by atoms with Crippen molar-refractivity contribution in [2.75, 3.05) is 13.2 Å². The van der Waals surface area contributed by atoms with Gasteiger partial charge in [-0.2, -0.15) is 4.31 Å². The molecular formula is C21H24FNO5S. The number of hydrogen-bond acceptors (Lipinski definition) is 4. The Hall–Kier alpha value is -2.29. The lowest BCUT2D eigenvalue weighted by Crippen LogP contribution is -2.55. The number of halogens is 1. The van der Waals surface area contributed by atoms with Crippen LogP contribution in [0.3, 0.4) is 0 Å². The number of benzene rings is 2. The highest BCUT2D eigenvalue weighted by Crippen LogP contribution is 2.39. The molecule has 1 aliphatic rings. The lowest BCUT2D eigenvalue weighted by atomic mass is 9.97. The average molecular weight is 421 g/mol. The first-order valence-corrected chi connectivity index (χ1v) is 11.0. The summed E-state index contributed by atoms with van der Waals surface area (Å²) in [6, 6.07) is 12.0. The molecule has 3 rings (SSSR count). The molecule has 6 nitrogen and oxygen atoms in total. The van der Waals surface area contributed by atoms with Crippen LogP contribution in [0.4, 0.5) is 4.39 Å². The van der Waals surface area contributed by atoms with Crippen molar-refractivity contribution in [2.24, 2.45) is 0 Å². The van der Waals surface area contributed by atoms with E-state index in [9.17, 15) is 27.8 Å². The first-order valence-electron chi connectivity index (χ1n) is 9.54. The van der Waals surface area contributed by atoms with E-state index in [1.165, 1.54) is 24.3 Å². The maximum absolute atomic E-state index is 13.4. The molecule has 0 spiro atoms. The molecule has 2 aromatic carbocycles. The van der Waals surface area contributed by atoms with Crippen LogP contribution < -0.4 is 0 Å². The summed E-state index contributed by atoms with van der Waals surface area (Å²) in [5.74, 6) is -1.51. The van der Waals surface area contributed by atoms with Gasteiger partial charge in [-0.05, 0) is 54.7 Å². The Morgan fingerprint density at radius 1 is 1.00 bits per heavy atom. The summed E-state index contributed by atoms with van der Waals surface area (Å²) in [7, 11) is -4.08. The van der Waals surface area contributed by atoms with Crippen molar-refractivity contribution in [3.63, 3.8) is 0 Å². The molecule has 0 bridgehead atoms. The highest BCUT2D eigenvalue weighted by molar-refractivity contribution is 7.89. The molecule has 0 saturated heterocycles. The lowest BCUT2D eigenvalue weighted by molar-refractivity contribution is -0.148. The third kappa shape index (κ3) is 4.19. The van der Waals surface area contributed by atoms with Crippen molar-refractivity contribution >= 4 is 16.0 Å². The van der Waals surface area contributed by atoms with Crippen molar-refractivity contribution in [1.29, 1.82) is 0 Å². The Labute approximate surface area is 169 Å². The topological polar surface area (TPSA) is 94.9 Å². The first-order chi connectivity index (χ1) is 13.8. The fourth-order valence-electron chi connectivity index (χ4n) is 3.90. The van der Waals surface area contributed by atoms with Gasteiger partial charge in [-0.25, -0.2) is 12.8 Å². The fraction of sp³-hybridized carbons (Fsp3) is 0.381. The number of carbonyl (C=O) groups is 1. The normalized spacial score (nSPS) is 16.2. The van der Waals surface area contributed by atoms with E-state index in [2.05, 4.69) is 0 Å². The quantitative estimate of drug-likeness (QED) is 0.682. The number of aliphatic hydroxyl groups is 1. The van der Waals surface area contributed by atoms with Crippen LogP contribution in [0, 0.1) is 5.82 Å². The highest BCUT2D eigenvalue weighted by atomic mass is 32.2. The summed E-state index contributed by atoms with van der Waals surface area (Å²) < 4.78 is 40.9.